The number of fused-ring (bicyclic) bond motifs is 1. The minimum Gasteiger partial charge on any atom is -0.383 e. The second-order valence-corrected chi connectivity index (χ2v) is 4.11. The minimum atomic E-state index is 0.640. The zero-order valence-corrected chi connectivity index (χ0v) is 9.95. The van der Waals surface area contributed by atoms with Crippen LogP contribution in [0, 0.1) is 0 Å². The summed E-state index contributed by atoms with van der Waals surface area (Å²) in [6.07, 6.45) is 4.31. The molecule has 0 aliphatic carbocycles. The van der Waals surface area contributed by atoms with Crippen molar-refractivity contribution < 1.29 is 0 Å². The van der Waals surface area contributed by atoms with Crippen LogP contribution in [0.4, 0.5) is 5.82 Å². The Hall–Kier alpha value is -1.52. The van der Waals surface area contributed by atoms with Crippen LogP contribution < -0.4 is 5.73 Å². The van der Waals surface area contributed by atoms with Gasteiger partial charge in [0.1, 0.15) is 5.82 Å². The van der Waals surface area contributed by atoms with Gasteiger partial charge in [-0.05, 0) is 12.8 Å². The van der Waals surface area contributed by atoms with Crippen molar-refractivity contribution in [2.45, 2.75) is 46.1 Å². The summed E-state index contributed by atoms with van der Waals surface area (Å²) in [5.41, 5.74) is 7.84. The molecule has 2 aromatic rings. The highest BCUT2D eigenvalue weighted by molar-refractivity contribution is 5.88. The molecule has 0 radical (unpaired) electrons. The van der Waals surface area contributed by atoms with Crippen LogP contribution in [0.15, 0.2) is 0 Å². The molecule has 0 spiro atoms. The van der Waals surface area contributed by atoms with Gasteiger partial charge in [-0.2, -0.15) is 10.2 Å². The molecule has 2 aromatic heterocycles. The van der Waals surface area contributed by atoms with E-state index in [2.05, 4.69) is 29.1 Å². The molecule has 0 saturated heterocycles. The van der Waals surface area contributed by atoms with Gasteiger partial charge in [0.15, 0.2) is 5.65 Å². The summed E-state index contributed by atoms with van der Waals surface area (Å²) in [4.78, 5) is 0. The first-order chi connectivity index (χ1) is 7.77. The van der Waals surface area contributed by atoms with Crippen LogP contribution in [0.1, 0.15) is 38.8 Å². The maximum Gasteiger partial charge on any atom is 0.182 e. The van der Waals surface area contributed by atoms with Gasteiger partial charge in [0.2, 0.25) is 0 Å². The second-order valence-electron chi connectivity index (χ2n) is 4.11. The molecule has 5 nitrogen and oxygen atoms in total. The molecule has 0 atom stereocenters. The number of hydrogen-bond donors (Lipinski definition) is 2. The lowest BCUT2D eigenvalue weighted by atomic mass is 10.2. The van der Waals surface area contributed by atoms with Gasteiger partial charge in [-0.15, -0.1) is 0 Å². The van der Waals surface area contributed by atoms with E-state index >= 15 is 0 Å². The molecule has 0 aliphatic heterocycles. The predicted octanol–water partition coefficient (Wildman–Crippen LogP) is 2.09. The van der Waals surface area contributed by atoms with Crippen molar-refractivity contribution in [1.29, 1.82) is 0 Å². The molecule has 0 saturated carbocycles. The number of nitrogens with zero attached hydrogens (tertiary/aromatic N) is 3. The standard InChI is InChI=1S/C11H19N5/c1-3-5-7-16-11-9(10(12)13-14-11)8(15-16)6-4-2/h3-7H2,1-2H3,(H3,12,13,14). The second kappa shape index (κ2) is 4.55. The van der Waals surface area contributed by atoms with E-state index in [1.165, 1.54) is 0 Å². The fourth-order valence-corrected chi connectivity index (χ4v) is 1.94. The molecule has 2 rings (SSSR count). The zero-order chi connectivity index (χ0) is 11.5. The maximum atomic E-state index is 5.88. The molecule has 0 aliphatic rings. The SMILES string of the molecule is CCCCn1nc(CCC)c2c(N)[nH]nc21. The molecule has 0 bridgehead atoms. The molecule has 0 aromatic carbocycles. The van der Waals surface area contributed by atoms with E-state index in [0.717, 1.165) is 49.0 Å². The molecule has 2 heterocycles. The Kier molecular flexibility index (Phi) is 3.12. The smallest absolute Gasteiger partial charge is 0.182 e. The fourth-order valence-electron chi connectivity index (χ4n) is 1.94. The highest BCUT2D eigenvalue weighted by Crippen LogP contribution is 2.23. The van der Waals surface area contributed by atoms with Crippen LogP contribution in [-0.4, -0.2) is 20.0 Å². The van der Waals surface area contributed by atoms with E-state index in [1.54, 1.807) is 0 Å². The Labute approximate surface area is 95.0 Å². The van der Waals surface area contributed by atoms with Crippen LogP contribution >= 0.6 is 0 Å². The van der Waals surface area contributed by atoms with Crippen LogP contribution in [0.2, 0.25) is 0 Å². The first-order valence-corrected chi connectivity index (χ1v) is 5.97. The first kappa shape index (κ1) is 11.0. The van der Waals surface area contributed by atoms with E-state index in [1.807, 2.05) is 4.68 Å². The number of aromatic amines is 1. The topological polar surface area (TPSA) is 72.5 Å². The third-order valence-corrected chi connectivity index (χ3v) is 2.76. The molecule has 0 fully saturated rings. The Morgan fingerprint density at radius 3 is 2.81 bits per heavy atom. The Bertz CT molecular complexity index is 468. The van der Waals surface area contributed by atoms with Crippen molar-refractivity contribution in [3.63, 3.8) is 0 Å². The van der Waals surface area contributed by atoms with Gasteiger partial charge in [0.05, 0.1) is 11.1 Å². The Morgan fingerprint density at radius 2 is 2.12 bits per heavy atom. The number of hydrogen-bond acceptors (Lipinski definition) is 3. The number of nitrogens with one attached hydrogen (secondary N) is 1. The average Bonchev–Trinajstić information content (AvgIpc) is 2.80. The van der Waals surface area contributed by atoms with Crippen LogP contribution in [0.5, 0.6) is 0 Å². The summed E-state index contributed by atoms with van der Waals surface area (Å²) in [6, 6.07) is 0. The number of aryl methyl sites for hydroxylation is 2. The Morgan fingerprint density at radius 1 is 1.31 bits per heavy atom. The number of nitrogens with two attached hydrogens (primary N) is 1. The predicted molar refractivity (Wildman–Crippen MR) is 65.2 cm³/mol. The number of anilines is 1. The summed E-state index contributed by atoms with van der Waals surface area (Å²) >= 11 is 0. The summed E-state index contributed by atoms with van der Waals surface area (Å²) in [5, 5.41) is 12.7. The van der Waals surface area contributed by atoms with Crippen LogP contribution in [-0.2, 0) is 13.0 Å². The highest BCUT2D eigenvalue weighted by Gasteiger charge is 2.15. The van der Waals surface area contributed by atoms with Crippen molar-refractivity contribution >= 4 is 16.9 Å². The van der Waals surface area contributed by atoms with E-state index in [-0.39, 0.29) is 0 Å². The number of aromatic nitrogens is 4. The lowest BCUT2D eigenvalue weighted by Crippen LogP contribution is -2.01. The monoisotopic (exact) mass is 221 g/mol. The van der Waals surface area contributed by atoms with Crippen molar-refractivity contribution in [2.24, 2.45) is 0 Å². The van der Waals surface area contributed by atoms with Crippen molar-refractivity contribution in [1.82, 2.24) is 20.0 Å². The fraction of sp³-hybridized carbons (Fsp3) is 0.636. The molecular formula is C11H19N5. The molecule has 0 unspecified atom stereocenters. The third-order valence-electron chi connectivity index (χ3n) is 2.76. The number of unbranched alkanes of at least 4 members (excludes halogenated alkanes) is 1. The molecule has 5 heteroatoms. The molecule has 0 amide bonds. The largest absolute Gasteiger partial charge is 0.383 e. The zero-order valence-electron chi connectivity index (χ0n) is 9.95. The van der Waals surface area contributed by atoms with Gasteiger partial charge >= 0.3 is 0 Å². The maximum absolute atomic E-state index is 5.88. The first-order valence-electron chi connectivity index (χ1n) is 5.97. The summed E-state index contributed by atoms with van der Waals surface area (Å²) < 4.78 is 1.97. The Balaban J connectivity index is 2.41. The van der Waals surface area contributed by atoms with Gasteiger partial charge in [-0.3, -0.25) is 5.10 Å². The van der Waals surface area contributed by atoms with Gasteiger partial charge < -0.3 is 5.73 Å². The number of nitrogen functional groups attached to an aromatic ring is 1. The van der Waals surface area contributed by atoms with Crippen molar-refractivity contribution in [3.8, 4) is 0 Å². The van der Waals surface area contributed by atoms with Crippen LogP contribution in [0.3, 0.4) is 0 Å². The van der Waals surface area contributed by atoms with Crippen molar-refractivity contribution in [3.05, 3.63) is 5.69 Å². The summed E-state index contributed by atoms with van der Waals surface area (Å²) in [5.74, 6) is 0.640. The minimum absolute atomic E-state index is 0.640. The molecule has 3 N–H and O–H groups in total. The third kappa shape index (κ3) is 1.77. The normalized spacial score (nSPS) is 11.4. The number of H-pyrrole nitrogens is 1. The summed E-state index contributed by atoms with van der Waals surface area (Å²) in [7, 11) is 0. The molecular weight excluding hydrogens is 202 g/mol. The van der Waals surface area contributed by atoms with Gasteiger partial charge in [0, 0.05) is 6.54 Å². The van der Waals surface area contributed by atoms with E-state index in [4.69, 9.17) is 5.73 Å². The molecule has 16 heavy (non-hydrogen) atoms. The highest BCUT2D eigenvalue weighted by atomic mass is 15.3. The van der Waals surface area contributed by atoms with Crippen molar-refractivity contribution in [2.75, 3.05) is 5.73 Å². The number of rotatable bonds is 5. The lowest BCUT2D eigenvalue weighted by molar-refractivity contribution is 0.574. The van der Waals surface area contributed by atoms with Gasteiger partial charge in [-0.25, -0.2) is 4.68 Å². The lowest BCUT2D eigenvalue weighted by Gasteiger charge is -1.98. The van der Waals surface area contributed by atoms with E-state index < -0.39 is 0 Å². The quantitative estimate of drug-likeness (QED) is 0.812. The van der Waals surface area contributed by atoms with Crippen LogP contribution in [0.25, 0.3) is 11.0 Å². The molecule has 88 valence electrons. The van der Waals surface area contributed by atoms with E-state index in [0.29, 0.717) is 5.82 Å². The van der Waals surface area contributed by atoms with Gasteiger partial charge in [-0.1, -0.05) is 26.7 Å². The average molecular weight is 221 g/mol. The van der Waals surface area contributed by atoms with Gasteiger partial charge in [0.25, 0.3) is 0 Å². The summed E-state index contributed by atoms with van der Waals surface area (Å²) in [6.45, 7) is 5.24. The van der Waals surface area contributed by atoms with E-state index in [9.17, 15) is 0 Å².